The Labute approximate surface area is 121 Å². The molecule has 0 saturated carbocycles. The molecular formula is C14H16N2O5. The first kappa shape index (κ1) is 15.0. The molecule has 2 unspecified atom stereocenters. The minimum Gasteiger partial charge on any atom is -0.481 e. The molecule has 0 spiro atoms. The van der Waals surface area contributed by atoms with Crippen LogP contribution in [-0.2, 0) is 20.9 Å². The van der Waals surface area contributed by atoms with Crippen molar-refractivity contribution in [3.63, 3.8) is 0 Å². The third kappa shape index (κ3) is 3.57. The predicted molar refractivity (Wildman–Crippen MR) is 72.7 cm³/mol. The van der Waals surface area contributed by atoms with Crippen LogP contribution in [0, 0.1) is 0 Å². The number of benzene rings is 1. The number of carboxylic acids is 2. The van der Waals surface area contributed by atoms with Gasteiger partial charge in [0.05, 0.1) is 12.3 Å². The minimum atomic E-state index is -1.43. The number of nitrogens with one attached hydrogen (secondary N) is 2. The van der Waals surface area contributed by atoms with Gasteiger partial charge in [0.2, 0.25) is 5.91 Å². The first-order valence-corrected chi connectivity index (χ1v) is 6.52. The Morgan fingerprint density at radius 1 is 1.29 bits per heavy atom. The number of aliphatic carboxylic acids is 2. The highest BCUT2D eigenvalue weighted by Gasteiger charge is 2.30. The monoisotopic (exact) mass is 292 g/mol. The first-order chi connectivity index (χ1) is 9.99. The van der Waals surface area contributed by atoms with Gasteiger partial charge in [-0.05, 0) is 11.1 Å². The smallest absolute Gasteiger partial charge is 0.326 e. The van der Waals surface area contributed by atoms with E-state index in [9.17, 15) is 14.4 Å². The SMILES string of the molecule is O=C(O)CC(NC(=O)C1CNCc2ccccc21)C(=O)O. The summed E-state index contributed by atoms with van der Waals surface area (Å²) in [6.45, 7) is 1.04. The van der Waals surface area contributed by atoms with Crippen LogP contribution in [0.5, 0.6) is 0 Å². The van der Waals surface area contributed by atoms with Gasteiger partial charge >= 0.3 is 11.9 Å². The van der Waals surface area contributed by atoms with E-state index in [0.717, 1.165) is 11.1 Å². The number of fused-ring (bicyclic) bond motifs is 1. The maximum absolute atomic E-state index is 12.2. The van der Waals surface area contributed by atoms with Crippen LogP contribution >= 0.6 is 0 Å². The fraction of sp³-hybridized carbons (Fsp3) is 0.357. The van der Waals surface area contributed by atoms with Gasteiger partial charge in [0, 0.05) is 13.1 Å². The quantitative estimate of drug-likeness (QED) is 0.603. The summed E-state index contributed by atoms with van der Waals surface area (Å²) in [7, 11) is 0. The zero-order valence-corrected chi connectivity index (χ0v) is 11.2. The van der Waals surface area contributed by atoms with E-state index in [1.807, 2.05) is 24.3 Å². The summed E-state index contributed by atoms with van der Waals surface area (Å²) in [5, 5.41) is 23.0. The van der Waals surface area contributed by atoms with Crippen LogP contribution < -0.4 is 10.6 Å². The molecule has 0 saturated heterocycles. The van der Waals surface area contributed by atoms with Gasteiger partial charge in [-0.25, -0.2) is 4.79 Å². The molecule has 7 nitrogen and oxygen atoms in total. The summed E-state index contributed by atoms with van der Waals surface area (Å²) in [5.41, 5.74) is 1.82. The molecule has 0 aliphatic carbocycles. The van der Waals surface area contributed by atoms with E-state index in [-0.39, 0.29) is 0 Å². The van der Waals surface area contributed by atoms with E-state index < -0.39 is 36.2 Å². The molecule has 4 N–H and O–H groups in total. The Bertz CT molecular complexity index is 572. The number of carbonyl (C=O) groups is 3. The molecule has 1 aliphatic rings. The maximum atomic E-state index is 12.2. The van der Waals surface area contributed by atoms with E-state index in [0.29, 0.717) is 13.1 Å². The second-order valence-corrected chi connectivity index (χ2v) is 4.88. The van der Waals surface area contributed by atoms with E-state index in [1.54, 1.807) is 0 Å². The fourth-order valence-corrected chi connectivity index (χ4v) is 2.38. The topological polar surface area (TPSA) is 116 Å². The van der Waals surface area contributed by atoms with Gasteiger partial charge in [0.1, 0.15) is 6.04 Å². The highest BCUT2D eigenvalue weighted by Crippen LogP contribution is 2.24. The first-order valence-electron chi connectivity index (χ1n) is 6.52. The van der Waals surface area contributed by atoms with Crippen molar-refractivity contribution in [3.8, 4) is 0 Å². The molecule has 0 radical (unpaired) electrons. The molecular weight excluding hydrogens is 276 g/mol. The molecule has 1 aromatic rings. The molecule has 1 aliphatic heterocycles. The van der Waals surface area contributed by atoms with E-state index in [2.05, 4.69) is 10.6 Å². The highest BCUT2D eigenvalue weighted by molar-refractivity contribution is 5.90. The number of carbonyl (C=O) groups excluding carboxylic acids is 1. The molecule has 112 valence electrons. The summed E-state index contributed by atoms with van der Waals surface area (Å²) in [5.74, 6) is -3.64. The van der Waals surface area contributed by atoms with Gasteiger partial charge in [-0.15, -0.1) is 0 Å². The molecule has 0 bridgehead atoms. The number of hydrogen-bond donors (Lipinski definition) is 4. The van der Waals surface area contributed by atoms with Crippen LogP contribution in [0.2, 0.25) is 0 Å². The minimum absolute atomic E-state index is 0.391. The Morgan fingerprint density at radius 2 is 2.00 bits per heavy atom. The van der Waals surface area contributed by atoms with Crippen molar-refractivity contribution in [2.24, 2.45) is 0 Å². The van der Waals surface area contributed by atoms with Gasteiger partial charge in [0.15, 0.2) is 0 Å². The Hall–Kier alpha value is -2.41. The third-order valence-corrected chi connectivity index (χ3v) is 3.40. The normalized spacial score (nSPS) is 18.4. The van der Waals surface area contributed by atoms with E-state index >= 15 is 0 Å². The van der Waals surface area contributed by atoms with Crippen molar-refractivity contribution in [1.29, 1.82) is 0 Å². The van der Waals surface area contributed by atoms with Crippen LogP contribution in [0.4, 0.5) is 0 Å². The second kappa shape index (κ2) is 6.36. The summed E-state index contributed by atoms with van der Waals surface area (Å²) >= 11 is 0. The molecule has 0 aromatic heterocycles. The van der Waals surface area contributed by atoms with Crippen molar-refractivity contribution < 1.29 is 24.6 Å². The van der Waals surface area contributed by atoms with E-state index in [1.165, 1.54) is 0 Å². The largest absolute Gasteiger partial charge is 0.481 e. The second-order valence-electron chi connectivity index (χ2n) is 4.88. The van der Waals surface area contributed by atoms with Crippen molar-refractivity contribution in [2.75, 3.05) is 6.54 Å². The zero-order valence-electron chi connectivity index (χ0n) is 11.2. The van der Waals surface area contributed by atoms with Crippen LogP contribution in [0.1, 0.15) is 23.5 Å². The lowest BCUT2D eigenvalue weighted by atomic mass is 9.90. The predicted octanol–water partition coefficient (Wildman–Crippen LogP) is -0.0825. The molecule has 2 atom stereocenters. The number of hydrogen-bond acceptors (Lipinski definition) is 4. The fourth-order valence-electron chi connectivity index (χ4n) is 2.38. The molecule has 21 heavy (non-hydrogen) atoms. The maximum Gasteiger partial charge on any atom is 0.326 e. The standard InChI is InChI=1S/C14H16N2O5/c17-12(18)5-11(14(20)21)16-13(19)10-7-15-6-8-3-1-2-4-9(8)10/h1-4,10-11,15H,5-7H2,(H,16,19)(H,17,18)(H,20,21). The van der Waals surface area contributed by atoms with Crippen molar-refractivity contribution >= 4 is 17.8 Å². The van der Waals surface area contributed by atoms with Crippen molar-refractivity contribution in [3.05, 3.63) is 35.4 Å². The van der Waals surface area contributed by atoms with Crippen LogP contribution in [-0.4, -0.2) is 40.6 Å². The average molecular weight is 292 g/mol. The number of carboxylic acid groups (broad SMARTS) is 2. The summed E-state index contributed by atoms with van der Waals surface area (Å²) in [6, 6.07) is 5.98. The number of amides is 1. The molecule has 1 heterocycles. The van der Waals surface area contributed by atoms with Gasteiger partial charge in [0.25, 0.3) is 0 Å². The average Bonchev–Trinajstić information content (AvgIpc) is 2.45. The lowest BCUT2D eigenvalue weighted by Gasteiger charge is -2.26. The van der Waals surface area contributed by atoms with Crippen molar-refractivity contribution in [1.82, 2.24) is 10.6 Å². The summed E-state index contributed by atoms with van der Waals surface area (Å²) in [4.78, 5) is 33.9. The highest BCUT2D eigenvalue weighted by atomic mass is 16.4. The Balaban J connectivity index is 2.13. The molecule has 7 heteroatoms. The summed E-state index contributed by atoms with van der Waals surface area (Å²) < 4.78 is 0. The third-order valence-electron chi connectivity index (χ3n) is 3.40. The molecule has 1 amide bonds. The lowest BCUT2D eigenvalue weighted by molar-refractivity contribution is -0.147. The van der Waals surface area contributed by atoms with Gasteiger partial charge < -0.3 is 20.8 Å². The molecule has 2 rings (SSSR count). The zero-order chi connectivity index (χ0) is 15.4. The van der Waals surface area contributed by atoms with Crippen LogP contribution in [0.3, 0.4) is 0 Å². The number of rotatable bonds is 5. The Morgan fingerprint density at radius 3 is 2.67 bits per heavy atom. The van der Waals surface area contributed by atoms with Crippen LogP contribution in [0.15, 0.2) is 24.3 Å². The van der Waals surface area contributed by atoms with Gasteiger partial charge in [-0.1, -0.05) is 24.3 Å². The van der Waals surface area contributed by atoms with Crippen LogP contribution in [0.25, 0.3) is 0 Å². The lowest BCUT2D eigenvalue weighted by Crippen LogP contribution is -2.47. The Kier molecular flexibility index (Phi) is 4.54. The van der Waals surface area contributed by atoms with Gasteiger partial charge in [-0.2, -0.15) is 0 Å². The van der Waals surface area contributed by atoms with Crippen molar-refractivity contribution in [2.45, 2.75) is 24.9 Å². The molecule has 0 fully saturated rings. The summed E-state index contributed by atoms with van der Waals surface area (Å²) in [6.07, 6.45) is -0.650. The van der Waals surface area contributed by atoms with E-state index in [4.69, 9.17) is 10.2 Å². The molecule has 1 aromatic carbocycles. The van der Waals surface area contributed by atoms with Gasteiger partial charge in [-0.3, -0.25) is 9.59 Å².